The number of fused-ring (bicyclic) bond motifs is 3. The second-order valence-electron chi connectivity index (χ2n) is 9.13. The molecule has 0 unspecified atom stereocenters. The molecule has 4 heterocycles. The summed E-state index contributed by atoms with van der Waals surface area (Å²) in [6.07, 6.45) is 8.35. The van der Waals surface area contributed by atoms with Gasteiger partial charge in [-0.15, -0.1) is 0 Å². The summed E-state index contributed by atoms with van der Waals surface area (Å²) in [4.78, 5) is 27.7. The molecule has 3 saturated heterocycles. The molecule has 5 nitrogen and oxygen atoms in total. The number of amides is 1. The van der Waals surface area contributed by atoms with Gasteiger partial charge in [-0.1, -0.05) is 25.5 Å². The standard InChI is InChI=1S/C19H24N2O.C5H10O2/c22-19-16-6-2-4-14-3-1-5-15(18(14)16)11-21(19)17-12-20-9-7-13(17)8-10-20;1-2-3-4-5(6)7/h2,4,6,13,15,17H,1,3,5,7-12H2;2-4H2,1H3,(H,6,7)/t15-,17-;/m1./s1. The molecule has 4 aliphatic heterocycles. The van der Waals surface area contributed by atoms with E-state index < -0.39 is 5.97 Å². The molecular weight excluding hydrogens is 364 g/mol. The molecule has 0 aromatic heterocycles. The van der Waals surface area contributed by atoms with Gasteiger partial charge >= 0.3 is 5.97 Å². The van der Waals surface area contributed by atoms with E-state index in [1.807, 2.05) is 6.92 Å². The normalized spacial score (nSPS) is 29.7. The molecule has 0 saturated carbocycles. The van der Waals surface area contributed by atoms with Gasteiger partial charge in [0.15, 0.2) is 0 Å². The number of carboxylic acid groups (broad SMARTS) is 1. The fourth-order valence-electron chi connectivity index (χ4n) is 5.74. The Morgan fingerprint density at radius 2 is 1.97 bits per heavy atom. The van der Waals surface area contributed by atoms with Crippen LogP contribution in [0.4, 0.5) is 0 Å². The third kappa shape index (κ3) is 4.20. The van der Waals surface area contributed by atoms with Crippen LogP contribution in [0.3, 0.4) is 0 Å². The Bertz CT molecular complexity index is 754. The molecule has 0 radical (unpaired) electrons. The molecule has 1 amide bonds. The zero-order valence-corrected chi connectivity index (χ0v) is 17.6. The molecule has 6 rings (SSSR count). The maximum atomic E-state index is 13.1. The lowest BCUT2D eigenvalue weighted by Crippen LogP contribution is -2.60. The smallest absolute Gasteiger partial charge is 0.303 e. The third-order valence-electron chi connectivity index (χ3n) is 7.28. The lowest BCUT2D eigenvalue weighted by atomic mass is 9.75. The van der Waals surface area contributed by atoms with Crippen LogP contribution in [-0.4, -0.2) is 59.0 Å². The van der Waals surface area contributed by atoms with Gasteiger partial charge < -0.3 is 14.9 Å². The number of piperidine rings is 3. The summed E-state index contributed by atoms with van der Waals surface area (Å²) in [5.74, 6) is 0.950. The maximum absolute atomic E-state index is 13.1. The summed E-state index contributed by atoms with van der Waals surface area (Å²) < 4.78 is 0. The number of aryl methyl sites for hydroxylation is 1. The maximum Gasteiger partial charge on any atom is 0.303 e. The predicted octanol–water partition coefficient (Wildman–Crippen LogP) is 3.92. The number of carbonyl (C=O) groups is 2. The van der Waals surface area contributed by atoms with E-state index in [0.717, 1.165) is 43.8 Å². The summed E-state index contributed by atoms with van der Waals surface area (Å²) >= 11 is 0. The highest BCUT2D eigenvalue weighted by Gasteiger charge is 2.43. The molecule has 1 aromatic carbocycles. The first-order valence-electron chi connectivity index (χ1n) is 11.5. The molecule has 2 atom stereocenters. The largest absolute Gasteiger partial charge is 0.481 e. The first kappa shape index (κ1) is 20.4. The van der Waals surface area contributed by atoms with Gasteiger partial charge in [-0.25, -0.2) is 0 Å². The van der Waals surface area contributed by atoms with Crippen molar-refractivity contribution in [3.63, 3.8) is 0 Å². The zero-order valence-electron chi connectivity index (χ0n) is 17.6. The third-order valence-corrected chi connectivity index (χ3v) is 7.28. The number of hydrogen-bond acceptors (Lipinski definition) is 3. The number of unbranched alkanes of at least 4 members (excludes halogenated alkanes) is 1. The minimum absolute atomic E-state index is 0.314. The van der Waals surface area contributed by atoms with Crippen LogP contribution in [0.25, 0.3) is 0 Å². The minimum atomic E-state index is -0.693. The van der Waals surface area contributed by atoms with Gasteiger partial charge in [-0.3, -0.25) is 9.59 Å². The fraction of sp³-hybridized carbons (Fsp3) is 0.667. The van der Waals surface area contributed by atoms with Crippen molar-refractivity contribution in [2.45, 2.75) is 70.3 Å². The van der Waals surface area contributed by atoms with Crippen molar-refractivity contribution in [1.82, 2.24) is 9.80 Å². The second-order valence-corrected chi connectivity index (χ2v) is 9.13. The molecule has 158 valence electrons. The Morgan fingerprint density at radius 1 is 1.17 bits per heavy atom. The van der Waals surface area contributed by atoms with E-state index in [4.69, 9.17) is 5.11 Å². The molecule has 5 heteroatoms. The van der Waals surface area contributed by atoms with Gasteiger partial charge in [0.05, 0.1) is 0 Å². The molecule has 1 aliphatic carbocycles. The fourth-order valence-corrected chi connectivity index (χ4v) is 5.74. The number of carboxylic acids is 1. The minimum Gasteiger partial charge on any atom is -0.481 e. The molecule has 3 fully saturated rings. The molecule has 29 heavy (non-hydrogen) atoms. The van der Waals surface area contributed by atoms with Crippen LogP contribution in [0.1, 0.15) is 79.3 Å². The van der Waals surface area contributed by atoms with Gasteiger partial charge in [0.1, 0.15) is 0 Å². The summed E-state index contributed by atoms with van der Waals surface area (Å²) in [7, 11) is 0. The van der Waals surface area contributed by atoms with Crippen LogP contribution in [-0.2, 0) is 11.2 Å². The summed E-state index contributed by atoms with van der Waals surface area (Å²) in [6, 6.07) is 6.87. The van der Waals surface area contributed by atoms with E-state index in [0.29, 0.717) is 24.3 Å². The van der Waals surface area contributed by atoms with E-state index in [1.165, 1.54) is 49.9 Å². The molecular formula is C24H34N2O3. The van der Waals surface area contributed by atoms with Crippen LogP contribution >= 0.6 is 0 Å². The van der Waals surface area contributed by atoms with Crippen LogP contribution in [0, 0.1) is 5.92 Å². The lowest BCUT2D eigenvalue weighted by Gasteiger charge is -2.51. The van der Waals surface area contributed by atoms with Gasteiger partial charge in [0, 0.05) is 37.0 Å². The van der Waals surface area contributed by atoms with Crippen LogP contribution in [0.15, 0.2) is 18.2 Å². The molecule has 5 aliphatic rings. The second kappa shape index (κ2) is 8.86. The average molecular weight is 399 g/mol. The Morgan fingerprint density at radius 3 is 2.59 bits per heavy atom. The van der Waals surface area contributed by atoms with Gasteiger partial charge in [0.2, 0.25) is 0 Å². The number of rotatable bonds is 4. The van der Waals surface area contributed by atoms with Crippen LogP contribution in [0.2, 0.25) is 0 Å². The van der Waals surface area contributed by atoms with E-state index in [2.05, 4.69) is 28.0 Å². The number of carbonyl (C=O) groups excluding carboxylic acids is 1. The Labute approximate surface area is 174 Å². The molecule has 1 N–H and O–H groups in total. The molecule has 1 aromatic rings. The Kier molecular flexibility index (Phi) is 6.23. The first-order valence-corrected chi connectivity index (χ1v) is 11.5. The summed E-state index contributed by atoms with van der Waals surface area (Å²) in [5, 5.41) is 8.04. The van der Waals surface area contributed by atoms with Crippen LogP contribution in [0.5, 0.6) is 0 Å². The molecule has 2 bridgehead atoms. The summed E-state index contributed by atoms with van der Waals surface area (Å²) in [5.41, 5.74) is 3.86. The predicted molar refractivity (Wildman–Crippen MR) is 113 cm³/mol. The van der Waals surface area contributed by atoms with Gasteiger partial charge in [0.25, 0.3) is 5.91 Å². The zero-order chi connectivity index (χ0) is 20.4. The quantitative estimate of drug-likeness (QED) is 0.835. The molecule has 0 spiro atoms. The number of hydrogen-bond donors (Lipinski definition) is 1. The van der Waals surface area contributed by atoms with E-state index in [-0.39, 0.29) is 0 Å². The number of nitrogens with zero attached hydrogens (tertiary/aromatic N) is 2. The number of benzene rings is 1. The van der Waals surface area contributed by atoms with Crippen molar-refractivity contribution in [3.05, 3.63) is 34.9 Å². The Balaban J connectivity index is 0.000000255. The van der Waals surface area contributed by atoms with Crippen molar-refractivity contribution in [2.24, 2.45) is 5.92 Å². The topological polar surface area (TPSA) is 60.9 Å². The SMILES string of the molecule is CCCCC(=O)O.O=C1c2cccc3c2[C@H](CCC3)CN1[C@@H]1CN2CCC1CC2. The van der Waals surface area contributed by atoms with Crippen molar-refractivity contribution in [1.29, 1.82) is 0 Å². The van der Waals surface area contributed by atoms with Crippen molar-refractivity contribution < 1.29 is 14.7 Å². The van der Waals surface area contributed by atoms with Crippen LogP contribution < -0.4 is 0 Å². The number of aliphatic carboxylic acids is 1. The average Bonchev–Trinajstić information content (AvgIpc) is 2.76. The van der Waals surface area contributed by atoms with Crippen molar-refractivity contribution in [2.75, 3.05) is 26.2 Å². The van der Waals surface area contributed by atoms with Crippen molar-refractivity contribution in [3.8, 4) is 0 Å². The Hall–Kier alpha value is -1.88. The summed E-state index contributed by atoms with van der Waals surface area (Å²) in [6.45, 7) is 6.54. The van der Waals surface area contributed by atoms with E-state index in [1.54, 1.807) is 0 Å². The van der Waals surface area contributed by atoms with Crippen molar-refractivity contribution >= 4 is 11.9 Å². The monoisotopic (exact) mass is 398 g/mol. The lowest BCUT2D eigenvalue weighted by molar-refractivity contribution is -0.137. The first-order chi connectivity index (χ1) is 14.1. The van der Waals surface area contributed by atoms with Gasteiger partial charge in [-0.2, -0.15) is 0 Å². The van der Waals surface area contributed by atoms with E-state index >= 15 is 0 Å². The highest BCUT2D eigenvalue weighted by Crippen LogP contribution is 2.41. The van der Waals surface area contributed by atoms with Gasteiger partial charge in [-0.05, 0) is 74.7 Å². The highest BCUT2D eigenvalue weighted by molar-refractivity contribution is 5.98. The van der Waals surface area contributed by atoms with E-state index in [9.17, 15) is 9.59 Å². The highest BCUT2D eigenvalue weighted by atomic mass is 16.4.